The van der Waals surface area contributed by atoms with Crippen LogP contribution in [0, 0.1) is 0 Å². The van der Waals surface area contributed by atoms with E-state index in [1.807, 2.05) is 58.7 Å². The van der Waals surface area contributed by atoms with Crippen molar-refractivity contribution in [2.75, 3.05) is 55.7 Å². The zero-order chi connectivity index (χ0) is 31.9. The van der Waals surface area contributed by atoms with E-state index in [-0.39, 0.29) is 17.2 Å². The Labute approximate surface area is 277 Å². The fourth-order valence-electron chi connectivity index (χ4n) is 6.72. The van der Waals surface area contributed by atoms with Crippen molar-refractivity contribution >= 4 is 44.6 Å². The number of thiophene rings is 1. The van der Waals surface area contributed by atoms with Gasteiger partial charge in [-0.1, -0.05) is 56.3 Å². The molecule has 1 fully saturated rings. The van der Waals surface area contributed by atoms with E-state index in [1.54, 1.807) is 0 Å². The number of piperazine rings is 1. The van der Waals surface area contributed by atoms with E-state index in [0.29, 0.717) is 39.0 Å². The Bertz CT molecular complexity index is 1630. The van der Waals surface area contributed by atoms with Crippen molar-refractivity contribution in [1.29, 1.82) is 0 Å². The molecular formula is C38H46N4O3S. The second kappa shape index (κ2) is 14.7. The predicted octanol–water partition coefficient (Wildman–Crippen LogP) is 6.99. The molecular weight excluding hydrogens is 593 g/mol. The third-order valence-electron chi connectivity index (χ3n) is 9.32. The number of hydrogen-bond acceptors (Lipinski definition) is 6. The van der Waals surface area contributed by atoms with Crippen molar-refractivity contribution < 1.29 is 14.3 Å². The topological polar surface area (TPSA) is 65.1 Å². The third-order valence-corrected chi connectivity index (χ3v) is 10.2. The maximum atomic E-state index is 13.2. The number of fused-ring (bicyclic) bond motifs is 2. The molecule has 7 nitrogen and oxygen atoms in total. The molecule has 3 heterocycles. The number of rotatable bonds is 13. The van der Waals surface area contributed by atoms with Gasteiger partial charge in [0.1, 0.15) is 5.75 Å². The van der Waals surface area contributed by atoms with E-state index in [1.165, 1.54) is 15.8 Å². The lowest BCUT2D eigenvalue weighted by molar-refractivity contribution is -0.122. The summed E-state index contributed by atoms with van der Waals surface area (Å²) < 4.78 is 7.57. The van der Waals surface area contributed by atoms with Crippen LogP contribution in [0.3, 0.4) is 0 Å². The van der Waals surface area contributed by atoms with E-state index in [4.69, 9.17) is 4.74 Å². The third kappa shape index (κ3) is 7.73. The van der Waals surface area contributed by atoms with Gasteiger partial charge in [-0.2, -0.15) is 0 Å². The van der Waals surface area contributed by atoms with Crippen molar-refractivity contribution in [2.45, 2.75) is 57.9 Å². The van der Waals surface area contributed by atoms with Crippen LogP contribution in [0.25, 0.3) is 10.1 Å². The van der Waals surface area contributed by atoms with E-state index in [9.17, 15) is 9.59 Å². The Morgan fingerprint density at radius 1 is 0.891 bits per heavy atom. The molecule has 0 saturated carbocycles. The normalized spacial score (nSPS) is 16.4. The van der Waals surface area contributed by atoms with Crippen LogP contribution in [0.5, 0.6) is 5.75 Å². The van der Waals surface area contributed by atoms with Crippen LogP contribution in [0.2, 0.25) is 0 Å². The highest BCUT2D eigenvalue weighted by atomic mass is 32.1. The molecule has 6 rings (SSSR count). The van der Waals surface area contributed by atoms with Gasteiger partial charge < -0.3 is 19.9 Å². The van der Waals surface area contributed by atoms with Gasteiger partial charge in [0.2, 0.25) is 11.8 Å². The fraction of sp³-hybridized carbons (Fsp3) is 0.421. The molecule has 0 aliphatic carbocycles. The van der Waals surface area contributed by atoms with Crippen LogP contribution >= 0.6 is 11.3 Å². The molecule has 1 N–H and O–H groups in total. The summed E-state index contributed by atoms with van der Waals surface area (Å²) >= 11 is 1.81. The molecule has 2 aliphatic rings. The van der Waals surface area contributed by atoms with E-state index in [0.717, 1.165) is 68.1 Å². The summed E-state index contributed by atoms with van der Waals surface area (Å²) in [7, 11) is 0. The number of nitrogens with zero attached hydrogens (tertiary/aromatic N) is 3. The molecule has 8 heteroatoms. The summed E-state index contributed by atoms with van der Waals surface area (Å²) in [6, 6.07) is 25.0. The Hall–Kier alpha value is -3.88. The summed E-state index contributed by atoms with van der Waals surface area (Å²) in [5.41, 5.74) is 4.27. The van der Waals surface area contributed by atoms with E-state index < -0.39 is 0 Å². The number of carbonyl (C=O) groups is 2. The van der Waals surface area contributed by atoms with Gasteiger partial charge in [-0.3, -0.25) is 14.5 Å². The quantitative estimate of drug-likeness (QED) is 0.160. The van der Waals surface area contributed by atoms with Gasteiger partial charge in [0.05, 0.1) is 12.3 Å². The summed E-state index contributed by atoms with van der Waals surface area (Å²) in [5, 5.41) is 6.55. The summed E-state index contributed by atoms with van der Waals surface area (Å²) in [6.45, 7) is 11.3. The highest BCUT2D eigenvalue weighted by Crippen LogP contribution is 2.42. The standard InChI is InChI=1S/C38H46N4O3S/c1-38(2)27-37(44)42(19-9-14-36(43)39-28-29-10-4-3-5-11-29)34-26-30(15-16-32(34)38)45-24-7-6-18-40-20-22-41(23-21-40)33-12-8-13-35-31(33)17-25-46-35/h3-5,8,10-13,15-17,25-26H,6-7,9,14,18-24,27-28H2,1-2H3,(H,39,43). The first-order chi connectivity index (χ1) is 22.4. The van der Waals surface area contributed by atoms with Crippen molar-refractivity contribution in [3.8, 4) is 5.75 Å². The van der Waals surface area contributed by atoms with E-state index >= 15 is 0 Å². The molecule has 1 saturated heterocycles. The monoisotopic (exact) mass is 638 g/mol. The van der Waals surface area contributed by atoms with Crippen LogP contribution in [-0.4, -0.2) is 62.6 Å². The predicted molar refractivity (Wildman–Crippen MR) is 189 cm³/mol. The van der Waals surface area contributed by atoms with Gasteiger partial charge in [0.15, 0.2) is 0 Å². The van der Waals surface area contributed by atoms with Gasteiger partial charge in [-0.15, -0.1) is 11.3 Å². The van der Waals surface area contributed by atoms with E-state index in [2.05, 4.69) is 64.7 Å². The lowest BCUT2D eigenvalue weighted by Crippen LogP contribution is -2.46. The highest BCUT2D eigenvalue weighted by molar-refractivity contribution is 7.17. The van der Waals surface area contributed by atoms with Crippen molar-refractivity contribution in [3.63, 3.8) is 0 Å². The van der Waals surface area contributed by atoms with Gasteiger partial charge in [-0.25, -0.2) is 0 Å². The second-order valence-electron chi connectivity index (χ2n) is 13.1. The Balaban J connectivity index is 0.953. The SMILES string of the molecule is CC1(C)CC(=O)N(CCCC(=O)NCc2ccccc2)c2cc(OCCCCN3CCN(c4cccc5sccc45)CC3)ccc21. The van der Waals surface area contributed by atoms with Crippen molar-refractivity contribution in [1.82, 2.24) is 10.2 Å². The highest BCUT2D eigenvalue weighted by Gasteiger charge is 2.36. The Kier molecular flexibility index (Phi) is 10.2. The molecule has 4 aromatic rings. The van der Waals surface area contributed by atoms with Crippen LogP contribution < -0.4 is 19.9 Å². The van der Waals surface area contributed by atoms with Gasteiger partial charge in [0.25, 0.3) is 0 Å². The summed E-state index contributed by atoms with van der Waals surface area (Å²) in [5.74, 6) is 0.904. The average molecular weight is 639 g/mol. The molecule has 242 valence electrons. The first-order valence-corrected chi connectivity index (χ1v) is 17.6. The molecule has 0 atom stereocenters. The molecule has 2 amide bonds. The Morgan fingerprint density at radius 3 is 2.54 bits per heavy atom. The number of anilines is 2. The minimum absolute atomic E-state index is 0.00351. The van der Waals surface area contributed by atoms with Crippen LogP contribution in [0.4, 0.5) is 11.4 Å². The van der Waals surface area contributed by atoms with Crippen molar-refractivity contribution in [3.05, 3.63) is 89.3 Å². The summed E-state index contributed by atoms with van der Waals surface area (Å²) in [4.78, 5) is 32.7. The molecule has 0 bridgehead atoms. The van der Waals surface area contributed by atoms with Crippen LogP contribution in [0.15, 0.2) is 78.2 Å². The van der Waals surface area contributed by atoms with Gasteiger partial charge in [0, 0.05) is 79.4 Å². The largest absolute Gasteiger partial charge is 0.494 e. The fourth-order valence-corrected chi connectivity index (χ4v) is 7.53. The Morgan fingerprint density at radius 2 is 1.72 bits per heavy atom. The maximum Gasteiger partial charge on any atom is 0.227 e. The number of unbranched alkanes of at least 4 members (excludes halogenated alkanes) is 1. The smallest absolute Gasteiger partial charge is 0.227 e. The van der Waals surface area contributed by atoms with Crippen LogP contribution in [-0.2, 0) is 21.5 Å². The molecule has 2 aliphatic heterocycles. The molecule has 3 aromatic carbocycles. The molecule has 0 unspecified atom stereocenters. The number of hydrogen-bond donors (Lipinski definition) is 1. The first kappa shape index (κ1) is 32.1. The second-order valence-corrected chi connectivity index (χ2v) is 14.1. The summed E-state index contributed by atoms with van der Waals surface area (Å²) in [6.07, 6.45) is 3.52. The van der Waals surface area contributed by atoms with Crippen LogP contribution in [0.1, 0.15) is 57.1 Å². The lowest BCUT2D eigenvalue weighted by Gasteiger charge is -2.39. The van der Waals surface area contributed by atoms with Gasteiger partial charge in [-0.05, 0) is 66.6 Å². The molecule has 1 aromatic heterocycles. The van der Waals surface area contributed by atoms with Crippen molar-refractivity contribution in [2.24, 2.45) is 0 Å². The zero-order valence-electron chi connectivity index (χ0n) is 27.2. The molecule has 0 spiro atoms. The number of carbonyl (C=O) groups excluding carboxylic acids is 2. The number of ether oxygens (including phenoxy) is 1. The minimum atomic E-state index is -0.241. The molecule has 46 heavy (non-hydrogen) atoms. The molecule has 0 radical (unpaired) electrons. The van der Waals surface area contributed by atoms with Gasteiger partial charge >= 0.3 is 0 Å². The lowest BCUT2D eigenvalue weighted by atomic mass is 9.77. The minimum Gasteiger partial charge on any atom is -0.494 e. The number of nitrogens with one attached hydrogen (secondary N) is 1. The number of benzene rings is 3. The zero-order valence-corrected chi connectivity index (χ0v) is 28.0. The maximum absolute atomic E-state index is 13.2. The average Bonchev–Trinajstić information content (AvgIpc) is 3.55. The first-order valence-electron chi connectivity index (χ1n) is 16.7. The number of amides is 2.